The van der Waals surface area contributed by atoms with Gasteiger partial charge in [-0.1, -0.05) is 6.08 Å². The van der Waals surface area contributed by atoms with Gasteiger partial charge in [0.2, 0.25) is 10.0 Å². The minimum absolute atomic E-state index is 0.0385. The Morgan fingerprint density at radius 3 is 2.68 bits per heavy atom. The van der Waals surface area contributed by atoms with E-state index >= 15 is 0 Å². The number of nitrogens with zero attached hydrogens (tertiary/aromatic N) is 1. The molecule has 1 fully saturated rings. The van der Waals surface area contributed by atoms with Crippen molar-refractivity contribution < 1.29 is 23.1 Å². The number of aromatic carboxylic acids is 1. The maximum Gasteiger partial charge on any atom is 0.337 e. The molecule has 1 saturated heterocycles. The lowest BCUT2D eigenvalue weighted by Crippen LogP contribution is -2.37. The molecule has 1 aromatic carbocycles. The molecule has 2 N–H and O–H groups in total. The van der Waals surface area contributed by atoms with Crippen LogP contribution in [0.1, 0.15) is 10.4 Å². The van der Waals surface area contributed by atoms with E-state index in [2.05, 4.69) is 11.3 Å². The zero-order valence-corrected chi connectivity index (χ0v) is 12.8. The van der Waals surface area contributed by atoms with Gasteiger partial charge in [0, 0.05) is 19.6 Å². The highest BCUT2D eigenvalue weighted by molar-refractivity contribution is 7.89. The van der Waals surface area contributed by atoms with E-state index in [1.807, 2.05) is 4.90 Å². The summed E-state index contributed by atoms with van der Waals surface area (Å²) in [6, 6.07) is 4.11. The van der Waals surface area contributed by atoms with Gasteiger partial charge >= 0.3 is 5.97 Å². The van der Waals surface area contributed by atoms with E-state index in [0.29, 0.717) is 32.0 Å². The molecule has 0 spiro atoms. The van der Waals surface area contributed by atoms with Crippen LogP contribution in [-0.2, 0) is 14.8 Å². The number of hydrogen-bond acceptors (Lipinski definition) is 5. The van der Waals surface area contributed by atoms with Crippen molar-refractivity contribution in [2.24, 2.45) is 0 Å². The Balaban J connectivity index is 2.38. The summed E-state index contributed by atoms with van der Waals surface area (Å²) in [5.74, 6) is -1.16. The van der Waals surface area contributed by atoms with Crippen LogP contribution in [0.25, 0.3) is 0 Å². The Kier molecular flexibility index (Phi) is 5.17. The van der Waals surface area contributed by atoms with Gasteiger partial charge in [-0.15, -0.1) is 6.58 Å². The van der Waals surface area contributed by atoms with E-state index < -0.39 is 16.0 Å². The predicted octanol–water partition coefficient (Wildman–Crippen LogP) is 0.686. The molecule has 0 aromatic heterocycles. The van der Waals surface area contributed by atoms with Gasteiger partial charge in [0.05, 0.1) is 29.4 Å². The summed E-state index contributed by atoms with van der Waals surface area (Å²) in [5, 5.41) is 9.37. The van der Waals surface area contributed by atoms with Gasteiger partial charge in [-0.05, 0) is 18.2 Å². The second-order valence-electron chi connectivity index (χ2n) is 4.72. The van der Waals surface area contributed by atoms with Crippen LogP contribution in [0.3, 0.4) is 0 Å². The maximum atomic E-state index is 12.1. The van der Waals surface area contributed by atoms with E-state index in [4.69, 9.17) is 4.74 Å². The molecule has 120 valence electrons. The van der Waals surface area contributed by atoms with Crippen molar-refractivity contribution in [1.82, 2.24) is 4.72 Å². The highest BCUT2D eigenvalue weighted by Gasteiger charge is 2.22. The first-order valence-corrected chi connectivity index (χ1v) is 8.24. The van der Waals surface area contributed by atoms with E-state index in [-0.39, 0.29) is 17.0 Å². The molecule has 0 aliphatic carbocycles. The summed E-state index contributed by atoms with van der Waals surface area (Å²) in [4.78, 5) is 13.3. The van der Waals surface area contributed by atoms with E-state index in [1.54, 1.807) is 0 Å². The Bertz CT molecular complexity index is 666. The zero-order valence-electron chi connectivity index (χ0n) is 12.0. The molecule has 8 heteroatoms. The number of nitrogens with one attached hydrogen (secondary N) is 1. The van der Waals surface area contributed by atoms with Crippen LogP contribution in [-0.4, -0.2) is 52.3 Å². The molecule has 0 saturated carbocycles. The summed E-state index contributed by atoms with van der Waals surface area (Å²) >= 11 is 0. The second kappa shape index (κ2) is 6.91. The van der Waals surface area contributed by atoms with Gasteiger partial charge in [0.1, 0.15) is 0 Å². The lowest BCUT2D eigenvalue weighted by atomic mass is 10.1. The molecular formula is C14H18N2O5S. The quantitative estimate of drug-likeness (QED) is 0.747. The number of benzene rings is 1. The Labute approximate surface area is 129 Å². The number of anilines is 1. The highest BCUT2D eigenvalue weighted by Crippen LogP contribution is 2.25. The monoisotopic (exact) mass is 326 g/mol. The molecule has 7 nitrogen and oxygen atoms in total. The van der Waals surface area contributed by atoms with Gasteiger partial charge in [0.15, 0.2) is 0 Å². The van der Waals surface area contributed by atoms with Crippen LogP contribution >= 0.6 is 0 Å². The molecule has 22 heavy (non-hydrogen) atoms. The lowest BCUT2D eigenvalue weighted by molar-refractivity contribution is 0.0696. The van der Waals surface area contributed by atoms with Crippen molar-refractivity contribution in [1.29, 1.82) is 0 Å². The average molecular weight is 326 g/mol. The largest absolute Gasteiger partial charge is 0.478 e. The summed E-state index contributed by atoms with van der Waals surface area (Å²) in [6.07, 6.45) is 1.41. The molecular weight excluding hydrogens is 308 g/mol. The summed E-state index contributed by atoms with van der Waals surface area (Å²) in [6.45, 7) is 5.69. The number of carbonyl (C=O) groups is 1. The molecule has 0 radical (unpaired) electrons. The number of sulfonamides is 1. The van der Waals surface area contributed by atoms with Crippen molar-refractivity contribution in [2.45, 2.75) is 4.90 Å². The molecule has 2 rings (SSSR count). The smallest absolute Gasteiger partial charge is 0.337 e. The maximum absolute atomic E-state index is 12.1. The lowest BCUT2D eigenvalue weighted by Gasteiger charge is -2.30. The molecule has 0 atom stereocenters. The number of ether oxygens (including phenoxy) is 1. The van der Waals surface area contributed by atoms with Crippen molar-refractivity contribution in [2.75, 3.05) is 37.7 Å². The minimum atomic E-state index is -3.75. The highest BCUT2D eigenvalue weighted by atomic mass is 32.2. The van der Waals surface area contributed by atoms with Crippen LogP contribution in [0.15, 0.2) is 35.7 Å². The Morgan fingerprint density at radius 2 is 2.09 bits per heavy atom. The number of hydrogen-bond donors (Lipinski definition) is 2. The molecule has 1 aliphatic heterocycles. The predicted molar refractivity (Wildman–Crippen MR) is 81.8 cm³/mol. The Hall–Kier alpha value is -1.90. The first kappa shape index (κ1) is 16.5. The third-order valence-electron chi connectivity index (χ3n) is 3.28. The first-order valence-electron chi connectivity index (χ1n) is 6.76. The standard InChI is InChI=1S/C14H18N2O5S/c1-2-5-15-22(19,20)11-3-4-13(12(10-11)14(17)18)16-6-8-21-9-7-16/h2-4,10,15H,1,5-9H2,(H,17,18). The fourth-order valence-electron chi connectivity index (χ4n) is 2.19. The Morgan fingerprint density at radius 1 is 1.41 bits per heavy atom. The minimum Gasteiger partial charge on any atom is -0.478 e. The SMILES string of the molecule is C=CCNS(=O)(=O)c1ccc(N2CCOCC2)c(C(=O)O)c1. The molecule has 1 aromatic rings. The molecule has 0 unspecified atom stereocenters. The van der Waals surface area contributed by atoms with Crippen LogP contribution in [0, 0.1) is 0 Å². The van der Waals surface area contributed by atoms with Gasteiger partial charge in [-0.3, -0.25) is 0 Å². The zero-order chi connectivity index (χ0) is 16.2. The number of carboxylic acid groups (broad SMARTS) is 1. The molecule has 1 heterocycles. The molecule has 0 amide bonds. The first-order chi connectivity index (χ1) is 10.5. The van der Waals surface area contributed by atoms with Crippen LogP contribution in [0.2, 0.25) is 0 Å². The van der Waals surface area contributed by atoms with E-state index in [9.17, 15) is 18.3 Å². The molecule has 1 aliphatic rings. The van der Waals surface area contributed by atoms with Crippen molar-refractivity contribution in [3.8, 4) is 0 Å². The van der Waals surface area contributed by atoms with E-state index in [0.717, 1.165) is 0 Å². The summed E-state index contributed by atoms with van der Waals surface area (Å²) < 4.78 is 31.7. The fraction of sp³-hybridized carbons (Fsp3) is 0.357. The third-order valence-corrected chi connectivity index (χ3v) is 4.70. The van der Waals surface area contributed by atoms with Gasteiger partial charge < -0.3 is 14.7 Å². The second-order valence-corrected chi connectivity index (χ2v) is 6.49. The van der Waals surface area contributed by atoms with E-state index in [1.165, 1.54) is 24.3 Å². The van der Waals surface area contributed by atoms with Crippen molar-refractivity contribution >= 4 is 21.7 Å². The van der Waals surface area contributed by atoms with Gasteiger partial charge in [-0.2, -0.15) is 0 Å². The third kappa shape index (κ3) is 3.65. The topological polar surface area (TPSA) is 95.9 Å². The van der Waals surface area contributed by atoms with Gasteiger partial charge in [-0.25, -0.2) is 17.9 Å². The number of rotatable bonds is 6. The number of carboxylic acids is 1. The van der Waals surface area contributed by atoms with Gasteiger partial charge in [0.25, 0.3) is 0 Å². The summed E-state index contributed by atoms with van der Waals surface area (Å²) in [7, 11) is -3.75. The van der Waals surface area contributed by atoms with Crippen LogP contribution in [0.4, 0.5) is 5.69 Å². The number of morpholine rings is 1. The van der Waals surface area contributed by atoms with Crippen molar-refractivity contribution in [3.05, 3.63) is 36.4 Å². The normalized spacial score (nSPS) is 15.5. The fourth-order valence-corrected chi connectivity index (χ4v) is 3.21. The van der Waals surface area contributed by atoms with Crippen LogP contribution in [0.5, 0.6) is 0 Å². The summed E-state index contributed by atoms with van der Waals surface area (Å²) in [5.41, 5.74) is 0.460. The average Bonchev–Trinajstić information content (AvgIpc) is 2.53. The van der Waals surface area contributed by atoms with Crippen molar-refractivity contribution in [3.63, 3.8) is 0 Å². The van der Waals surface area contributed by atoms with Crippen LogP contribution < -0.4 is 9.62 Å². The molecule has 0 bridgehead atoms.